The van der Waals surface area contributed by atoms with Gasteiger partial charge < -0.3 is 14.6 Å². The first-order valence-electron chi connectivity index (χ1n) is 5.84. The van der Waals surface area contributed by atoms with E-state index < -0.39 is 0 Å². The molecule has 0 atom stereocenters. The summed E-state index contributed by atoms with van der Waals surface area (Å²) in [6.07, 6.45) is 3.30. The second-order valence-electron chi connectivity index (χ2n) is 4.38. The molecule has 1 amide bonds. The van der Waals surface area contributed by atoms with Crippen LogP contribution >= 0.6 is 11.6 Å². The summed E-state index contributed by atoms with van der Waals surface area (Å²) in [5.74, 6) is -0.114. The Hall–Kier alpha value is -1.94. The molecular formula is C14H15ClN2O2. The van der Waals surface area contributed by atoms with Crippen LogP contribution in [0, 0.1) is 0 Å². The Balaban J connectivity index is 2.14. The minimum atomic E-state index is -0.114. The molecule has 0 unspecified atom stereocenters. The van der Waals surface area contributed by atoms with Crippen LogP contribution in [0.2, 0.25) is 5.02 Å². The van der Waals surface area contributed by atoms with Gasteiger partial charge in [-0.25, -0.2) is 0 Å². The fourth-order valence-corrected chi connectivity index (χ4v) is 1.84. The van der Waals surface area contributed by atoms with E-state index in [0.717, 1.165) is 11.3 Å². The standard InChI is InChI=1S/C14H15ClN2O2/c1-17(2)14(18)12-7-11(3-4-13(12)15)16-8-10-5-6-19-9-10/h3-7,9,16H,8H2,1-2H3. The third-order valence-electron chi connectivity index (χ3n) is 2.68. The van der Waals surface area contributed by atoms with E-state index in [9.17, 15) is 4.79 Å². The SMILES string of the molecule is CN(C)C(=O)c1cc(NCc2ccoc2)ccc1Cl. The fourth-order valence-electron chi connectivity index (χ4n) is 1.64. The second kappa shape index (κ2) is 5.80. The van der Waals surface area contributed by atoms with Crippen molar-refractivity contribution < 1.29 is 9.21 Å². The number of benzene rings is 1. The molecule has 0 bridgehead atoms. The highest BCUT2D eigenvalue weighted by atomic mass is 35.5. The lowest BCUT2D eigenvalue weighted by Gasteiger charge is -2.13. The molecule has 0 radical (unpaired) electrons. The molecule has 0 aliphatic carbocycles. The third kappa shape index (κ3) is 3.29. The second-order valence-corrected chi connectivity index (χ2v) is 4.79. The van der Waals surface area contributed by atoms with Crippen molar-refractivity contribution in [3.8, 4) is 0 Å². The number of hydrogen-bond acceptors (Lipinski definition) is 3. The molecule has 1 heterocycles. The molecule has 2 rings (SSSR count). The molecule has 0 aliphatic rings. The predicted molar refractivity (Wildman–Crippen MR) is 75.5 cm³/mol. The number of nitrogens with zero attached hydrogens (tertiary/aromatic N) is 1. The molecule has 1 aromatic heterocycles. The van der Waals surface area contributed by atoms with E-state index >= 15 is 0 Å². The smallest absolute Gasteiger partial charge is 0.254 e. The van der Waals surface area contributed by atoms with Gasteiger partial charge in [-0.3, -0.25) is 4.79 Å². The van der Waals surface area contributed by atoms with Crippen LogP contribution in [-0.2, 0) is 6.54 Å². The lowest BCUT2D eigenvalue weighted by atomic mass is 10.1. The monoisotopic (exact) mass is 278 g/mol. The summed E-state index contributed by atoms with van der Waals surface area (Å²) in [7, 11) is 3.40. The Morgan fingerprint density at radius 2 is 2.16 bits per heavy atom. The summed E-state index contributed by atoms with van der Waals surface area (Å²) >= 11 is 6.04. The van der Waals surface area contributed by atoms with Crippen molar-refractivity contribution in [2.75, 3.05) is 19.4 Å². The van der Waals surface area contributed by atoms with Crippen LogP contribution in [0.3, 0.4) is 0 Å². The highest BCUT2D eigenvalue weighted by Crippen LogP contribution is 2.22. The van der Waals surface area contributed by atoms with Crippen molar-refractivity contribution in [3.05, 3.63) is 52.9 Å². The van der Waals surface area contributed by atoms with E-state index in [4.69, 9.17) is 16.0 Å². The zero-order valence-electron chi connectivity index (χ0n) is 10.8. The highest BCUT2D eigenvalue weighted by Gasteiger charge is 2.12. The van der Waals surface area contributed by atoms with Crippen LogP contribution in [0.1, 0.15) is 15.9 Å². The molecule has 5 heteroatoms. The van der Waals surface area contributed by atoms with Crippen molar-refractivity contribution in [2.45, 2.75) is 6.54 Å². The van der Waals surface area contributed by atoms with Crippen LogP contribution in [-0.4, -0.2) is 24.9 Å². The number of nitrogens with one attached hydrogen (secondary N) is 1. The average Bonchev–Trinajstić information content (AvgIpc) is 2.90. The zero-order chi connectivity index (χ0) is 13.8. The van der Waals surface area contributed by atoms with Gasteiger partial charge in [0.25, 0.3) is 5.91 Å². The maximum Gasteiger partial charge on any atom is 0.254 e. The van der Waals surface area contributed by atoms with Gasteiger partial charge in [0.1, 0.15) is 0 Å². The summed E-state index contributed by atoms with van der Waals surface area (Å²) in [6.45, 7) is 0.633. The highest BCUT2D eigenvalue weighted by molar-refractivity contribution is 6.34. The molecule has 0 fully saturated rings. The summed E-state index contributed by atoms with van der Waals surface area (Å²) in [4.78, 5) is 13.5. The van der Waals surface area contributed by atoms with Gasteiger partial charge in [0, 0.05) is 31.9 Å². The number of carbonyl (C=O) groups is 1. The lowest BCUT2D eigenvalue weighted by Crippen LogP contribution is -2.22. The van der Waals surface area contributed by atoms with E-state index in [1.54, 1.807) is 38.8 Å². The Kier molecular flexibility index (Phi) is 4.12. The molecule has 0 aliphatic heterocycles. The third-order valence-corrected chi connectivity index (χ3v) is 3.01. The van der Waals surface area contributed by atoms with Crippen LogP contribution in [0.4, 0.5) is 5.69 Å². The molecule has 0 saturated heterocycles. The largest absolute Gasteiger partial charge is 0.472 e. The average molecular weight is 279 g/mol. The van der Waals surface area contributed by atoms with Crippen LogP contribution in [0.5, 0.6) is 0 Å². The van der Waals surface area contributed by atoms with Gasteiger partial charge >= 0.3 is 0 Å². The van der Waals surface area contributed by atoms with E-state index in [-0.39, 0.29) is 5.91 Å². The number of halogens is 1. The van der Waals surface area contributed by atoms with Gasteiger partial charge in [0.2, 0.25) is 0 Å². The topological polar surface area (TPSA) is 45.5 Å². The molecule has 0 spiro atoms. The molecule has 100 valence electrons. The van der Waals surface area contributed by atoms with E-state index in [1.165, 1.54) is 4.90 Å². The summed E-state index contributed by atoms with van der Waals surface area (Å²) in [5, 5.41) is 3.67. The summed E-state index contributed by atoms with van der Waals surface area (Å²) < 4.78 is 4.99. The van der Waals surface area contributed by atoms with Gasteiger partial charge in [-0.1, -0.05) is 11.6 Å². The number of furan rings is 1. The Labute approximate surface area is 117 Å². The Morgan fingerprint density at radius 1 is 1.37 bits per heavy atom. The maximum atomic E-state index is 11.9. The quantitative estimate of drug-likeness (QED) is 0.934. The van der Waals surface area contributed by atoms with E-state index in [0.29, 0.717) is 17.1 Å². The fraction of sp³-hybridized carbons (Fsp3) is 0.214. The first-order chi connectivity index (χ1) is 9.08. The number of anilines is 1. The molecule has 0 saturated carbocycles. The summed E-state index contributed by atoms with van der Waals surface area (Å²) in [5.41, 5.74) is 2.37. The number of carbonyl (C=O) groups excluding carboxylic acids is 1. The van der Waals surface area contributed by atoms with Crippen molar-refractivity contribution in [1.29, 1.82) is 0 Å². The lowest BCUT2D eigenvalue weighted by molar-refractivity contribution is 0.0828. The van der Waals surface area contributed by atoms with Gasteiger partial charge in [0.15, 0.2) is 0 Å². The minimum Gasteiger partial charge on any atom is -0.472 e. The number of amides is 1. The van der Waals surface area contributed by atoms with Crippen LogP contribution in [0.25, 0.3) is 0 Å². The van der Waals surface area contributed by atoms with Gasteiger partial charge in [-0.05, 0) is 24.3 Å². The molecular weight excluding hydrogens is 264 g/mol. The van der Waals surface area contributed by atoms with Crippen molar-refractivity contribution in [3.63, 3.8) is 0 Å². The Bertz CT molecular complexity index is 565. The minimum absolute atomic E-state index is 0.114. The normalized spacial score (nSPS) is 10.3. The molecule has 1 N–H and O–H groups in total. The van der Waals surface area contributed by atoms with Crippen LogP contribution in [0.15, 0.2) is 41.2 Å². The van der Waals surface area contributed by atoms with E-state index in [2.05, 4.69) is 5.32 Å². The Morgan fingerprint density at radius 3 is 2.79 bits per heavy atom. The molecule has 4 nitrogen and oxygen atoms in total. The molecule has 1 aromatic carbocycles. The zero-order valence-corrected chi connectivity index (χ0v) is 11.6. The van der Waals surface area contributed by atoms with Gasteiger partial charge in [-0.15, -0.1) is 0 Å². The van der Waals surface area contributed by atoms with Gasteiger partial charge in [0.05, 0.1) is 23.1 Å². The first kappa shape index (κ1) is 13.5. The predicted octanol–water partition coefficient (Wildman–Crippen LogP) is 3.25. The first-order valence-corrected chi connectivity index (χ1v) is 6.22. The van der Waals surface area contributed by atoms with Crippen molar-refractivity contribution in [2.24, 2.45) is 0 Å². The van der Waals surface area contributed by atoms with Crippen LogP contribution < -0.4 is 5.32 Å². The molecule has 2 aromatic rings. The number of hydrogen-bond donors (Lipinski definition) is 1. The number of rotatable bonds is 4. The van der Waals surface area contributed by atoms with Crippen molar-refractivity contribution >= 4 is 23.2 Å². The molecule has 19 heavy (non-hydrogen) atoms. The summed E-state index contributed by atoms with van der Waals surface area (Å²) in [6, 6.07) is 7.20. The van der Waals surface area contributed by atoms with Crippen molar-refractivity contribution in [1.82, 2.24) is 4.90 Å². The van der Waals surface area contributed by atoms with E-state index in [1.807, 2.05) is 12.1 Å². The van der Waals surface area contributed by atoms with Gasteiger partial charge in [-0.2, -0.15) is 0 Å². The maximum absolute atomic E-state index is 11.9.